The zero-order valence-corrected chi connectivity index (χ0v) is 15.7. The third-order valence-corrected chi connectivity index (χ3v) is 4.30. The van der Waals surface area contributed by atoms with Crippen molar-refractivity contribution in [2.24, 2.45) is 0 Å². The van der Waals surface area contributed by atoms with Crippen LogP contribution >= 0.6 is 11.6 Å². The third-order valence-electron chi connectivity index (χ3n) is 4.07. The fraction of sp³-hybridized carbons (Fsp3) is 0.211. The second-order valence-electron chi connectivity index (χ2n) is 6.03. The van der Waals surface area contributed by atoms with Gasteiger partial charge in [-0.2, -0.15) is 5.10 Å². The molecule has 2 amide bonds. The van der Waals surface area contributed by atoms with Crippen LogP contribution in [-0.2, 0) is 11.3 Å². The maximum atomic E-state index is 12.5. The number of hydrogen-bond donors (Lipinski definition) is 2. The standard InChI is InChI=1S/C19H19ClN4O3/c1-12(18(25)21-10-16-7-4-8-27-16)23-19(26)17-11-22-24(13(17)2)15-6-3-5-14(20)9-15/h3-9,11-12H,10H2,1-2H3,(H,21,25)(H,23,26). The maximum Gasteiger partial charge on any atom is 0.255 e. The van der Waals surface area contributed by atoms with Crippen LogP contribution in [0.5, 0.6) is 0 Å². The molecule has 8 heteroatoms. The number of rotatable bonds is 6. The number of furan rings is 1. The molecular weight excluding hydrogens is 368 g/mol. The van der Waals surface area contributed by atoms with Crippen molar-refractivity contribution >= 4 is 23.4 Å². The Balaban J connectivity index is 1.64. The lowest BCUT2D eigenvalue weighted by Crippen LogP contribution is -2.44. The summed E-state index contributed by atoms with van der Waals surface area (Å²) in [5, 5.41) is 10.2. The molecule has 2 heterocycles. The first kappa shape index (κ1) is 18.7. The van der Waals surface area contributed by atoms with Crippen molar-refractivity contribution in [2.45, 2.75) is 26.4 Å². The summed E-state index contributed by atoms with van der Waals surface area (Å²) in [6.45, 7) is 3.66. The van der Waals surface area contributed by atoms with E-state index in [0.29, 0.717) is 22.0 Å². The van der Waals surface area contributed by atoms with Gasteiger partial charge in [-0.3, -0.25) is 9.59 Å². The minimum Gasteiger partial charge on any atom is -0.467 e. The normalized spacial score (nSPS) is 11.8. The topological polar surface area (TPSA) is 89.2 Å². The van der Waals surface area contributed by atoms with Crippen LogP contribution in [0.15, 0.2) is 53.3 Å². The van der Waals surface area contributed by atoms with Crippen LogP contribution in [0, 0.1) is 6.92 Å². The van der Waals surface area contributed by atoms with Crippen LogP contribution in [0.25, 0.3) is 5.69 Å². The van der Waals surface area contributed by atoms with Crippen LogP contribution in [0.2, 0.25) is 5.02 Å². The minimum absolute atomic E-state index is 0.262. The van der Waals surface area contributed by atoms with Gasteiger partial charge in [-0.05, 0) is 44.2 Å². The van der Waals surface area contributed by atoms with Gasteiger partial charge in [0.2, 0.25) is 5.91 Å². The number of aromatic nitrogens is 2. The van der Waals surface area contributed by atoms with Gasteiger partial charge in [0.1, 0.15) is 11.8 Å². The summed E-state index contributed by atoms with van der Waals surface area (Å²) < 4.78 is 6.79. The molecule has 7 nitrogen and oxygen atoms in total. The molecule has 3 rings (SSSR count). The number of carbonyl (C=O) groups is 2. The van der Waals surface area contributed by atoms with Crippen LogP contribution in [0.4, 0.5) is 0 Å². The second kappa shape index (κ2) is 8.09. The van der Waals surface area contributed by atoms with E-state index >= 15 is 0 Å². The Labute approximate surface area is 161 Å². The average molecular weight is 387 g/mol. The van der Waals surface area contributed by atoms with Crippen molar-refractivity contribution in [3.05, 3.63) is 70.9 Å². The Morgan fingerprint density at radius 2 is 2.11 bits per heavy atom. The van der Waals surface area contributed by atoms with Gasteiger partial charge in [-0.25, -0.2) is 4.68 Å². The first-order valence-corrected chi connectivity index (χ1v) is 8.75. The SMILES string of the molecule is Cc1c(C(=O)NC(C)C(=O)NCc2ccco2)cnn1-c1cccc(Cl)c1. The van der Waals surface area contributed by atoms with E-state index in [4.69, 9.17) is 16.0 Å². The summed E-state index contributed by atoms with van der Waals surface area (Å²) in [5.41, 5.74) is 1.79. The van der Waals surface area contributed by atoms with Gasteiger partial charge in [0.25, 0.3) is 5.91 Å². The van der Waals surface area contributed by atoms with E-state index in [1.54, 1.807) is 42.8 Å². The van der Waals surface area contributed by atoms with Crippen LogP contribution < -0.4 is 10.6 Å². The molecule has 0 aliphatic heterocycles. The molecule has 1 atom stereocenters. The molecule has 3 aromatic rings. The van der Waals surface area contributed by atoms with Crippen molar-refractivity contribution in [2.75, 3.05) is 0 Å². The average Bonchev–Trinajstić information content (AvgIpc) is 3.29. The van der Waals surface area contributed by atoms with Gasteiger partial charge < -0.3 is 15.1 Å². The van der Waals surface area contributed by atoms with E-state index in [2.05, 4.69) is 15.7 Å². The van der Waals surface area contributed by atoms with Crippen molar-refractivity contribution in [3.63, 3.8) is 0 Å². The smallest absolute Gasteiger partial charge is 0.255 e. The lowest BCUT2D eigenvalue weighted by molar-refractivity contribution is -0.122. The Hall–Kier alpha value is -3.06. The van der Waals surface area contributed by atoms with Crippen molar-refractivity contribution in [1.29, 1.82) is 0 Å². The van der Waals surface area contributed by atoms with Gasteiger partial charge in [0, 0.05) is 5.02 Å². The van der Waals surface area contributed by atoms with E-state index in [1.807, 2.05) is 12.1 Å². The van der Waals surface area contributed by atoms with E-state index in [0.717, 1.165) is 5.69 Å². The lowest BCUT2D eigenvalue weighted by atomic mass is 10.2. The number of carbonyl (C=O) groups excluding carboxylic acids is 2. The molecule has 1 unspecified atom stereocenters. The molecule has 1 aromatic carbocycles. The molecule has 0 aliphatic carbocycles. The number of amides is 2. The van der Waals surface area contributed by atoms with E-state index in [-0.39, 0.29) is 18.4 Å². The number of nitrogens with one attached hydrogen (secondary N) is 2. The molecule has 2 N–H and O–H groups in total. The highest BCUT2D eigenvalue weighted by Gasteiger charge is 2.20. The van der Waals surface area contributed by atoms with Gasteiger partial charge in [0.05, 0.1) is 35.9 Å². The summed E-state index contributed by atoms with van der Waals surface area (Å²) in [5.74, 6) is -0.0402. The molecule has 0 fully saturated rings. The summed E-state index contributed by atoms with van der Waals surface area (Å²) in [6.07, 6.45) is 3.01. The fourth-order valence-corrected chi connectivity index (χ4v) is 2.77. The van der Waals surface area contributed by atoms with Gasteiger partial charge in [-0.15, -0.1) is 0 Å². The highest BCUT2D eigenvalue weighted by Crippen LogP contribution is 2.18. The first-order chi connectivity index (χ1) is 13.0. The molecular formula is C19H19ClN4O3. The number of benzene rings is 1. The van der Waals surface area contributed by atoms with Crippen LogP contribution in [0.1, 0.15) is 28.7 Å². The van der Waals surface area contributed by atoms with Crippen LogP contribution in [0.3, 0.4) is 0 Å². The Morgan fingerprint density at radius 1 is 1.30 bits per heavy atom. The Bertz CT molecular complexity index is 950. The van der Waals surface area contributed by atoms with Gasteiger partial charge >= 0.3 is 0 Å². The predicted octanol–water partition coefficient (Wildman–Crippen LogP) is 2.86. The monoisotopic (exact) mass is 386 g/mol. The van der Waals surface area contributed by atoms with E-state index < -0.39 is 6.04 Å². The molecule has 2 aromatic heterocycles. The number of halogens is 1. The van der Waals surface area contributed by atoms with Crippen molar-refractivity contribution in [1.82, 2.24) is 20.4 Å². The maximum absolute atomic E-state index is 12.5. The Kier molecular flexibility index (Phi) is 5.61. The largest absolute Gasteiger partial charge is 0.467 e. The van der Waals surface area contributed by atoms with Crippen molar-refractivity contribution in [3.8, 4) is 5.69 Å². The molecule has 140 valence electrons. The molecule has 0 aliphatic rings. The van der Waals surface area contributed by atoms with Gasteiger partial charge in [0.15, 0.2) is 0 Å². The highest BCUT2D eigenvalue weighted by atomic mass is 35.5. The minimum atomic E-state index is -0.707. The van der Waals surface area contributed by atoms with Gasteiger partial charge in [-0.1, -0.05) is 17.7 Å². The first-order valence-electron chi connectivity index (χ1n) is 8.37. The van der Waals surface area contributed by atoms with Crippen molar-refractivity contribution < 1.29 is 14.0 Å². The molecule has 0 bridgehead atoms. The molecule has 0 spiro atoms. The molecule has 0 saturated carbocycles. The molecule has 0 radical (unpaired) electrons. The molecule has 0 saturated heterocycles. The highest BCUT2D eigenvalue weighted by molar-refractivity contribution is 6.30. The zero-order chi connectivity index (χ0) is 19.4. The summed E-state index contributed by atoms with van der Waals surface area (Å²) in [4.78, 5) is 24.7. The fourth-order valence-electron chi connectivity index (χ4n) is 2.58. The molecule has 27 heavy (non-hydrogen) atoms. The summed E-state index contributed by atoms with van der Waals surface area (Å²) in [7, 11) is 0. The third kappa shape index (κ3) is 4.38. The lowest BCUT2D eigenvalue weighted by Gasteiger charge is -2.13. The summed E-state index contributed by atoms with van der Waals surface area (Å²) in [6, 6.07) is 9.97. The predicted molar refractivity (Wildman–Crippen MR) is 101 cm³/mol. The second-order valence-corrected chi connectivity index (χ2v) is 6.46. The van der Waals surface area contributed by atoms with E-state index in [1.165, 1.54) is 12.5 Å². The quantitative estimate of drug-likeness (QED) is 0.681. The number of hydrogen-bond acceptors (Lipinski definition) is 4. The summed E-state index contributed by atoms with van der Waals surface area (Å²) >= 11 is 6.02. The number of nitrogens with zero attached hydrogens (tertiary/aromatic N) is 2. The Morgan fingerprint density at radius 3 is 2.81 bits per heavy atom. The van der Waals surface area contributed by atoms with Crippen LogP contribution in [-0.4, -0.2) is 27.6 Å². The zero-order valence-electron chi connectivity index (χ0n) is 14.9. The van der Waals surface area contributed by atoms with E-state index in [9.17, 15) is 9.59 Å².